The molecule has 0 bridgehead atoms. The molecule has 2 aromatic heterocycles. The third kappa shape index (κ3) is 3.27. The van der Waals surface area contributed by atoms with Crippen molar-refractivity contribution < 1.29 is 9.90 Å². The lowest BCUT2D eigenvalue weighted by Gasteiger charge is -2.02. The predicted molar refractivity (Wildman–Crippen MR) is 67.5 cm³/mol. The third-order valence-corrected chi connectivity index (χ3v) is 3.12. The van der Waals surface area contributed by atoms with Crippen LogP contribution in [0.25, 0.3) is 0 Å². The fraction of sp³-hybridized carbons (Fsp3) is 0.167. The number of carbonyl (C=O) groups is 1. The molecule has 18 heavy (non-hydrogen) atoms. The van der Waals surface area contributed by atoms with E-state index in [1.165, 1.54) is 18.0 Å². The molecular formula is C12H11N3O2S. The van der Waals surface area contributed by atoms with Crippen molar-refractivity contribution in [3.63, 3.8) is 0 Å². The Balaban J connectivity index is 2.06. The van der Waals surface area contributed by atoms with Gasteiger partial charge in [0.15, 0.2) is 5.16 Å². The van der Waals surface area contributed by atoms with E-state index in [2.05, 4.69) is 15.0 Å². The van der Waals surface area contributed by atoms with Gasteiger partial charge in [-0.1, -0.05) is 11.8 Å². The van der Waals surface area contributed by atoms with Gasteiger partial charge in [0.25, 0.3) is 0 Å². The fourth-order valence-electron chi connectivity index (χ4n) is 1.32. The molecule has 2 heterocycles. The van der Waals surface area contributed by atoms with Crippen LogP contribution in [0.3, 0.4) is 0 Å². The van der Waals surface area contributed by atoms with Crippen LogP contribution in [-0.2, 0) is 5.75 Å². The van der Waals surface area contributed by atoms with Crippen LogP contribution in [0, 0.1) is 6.92 Å². The lowest BCUT2D eigenvalue weighted by atomic mass is 10.2. The highest BCUT2D eigenvalue weighted by Gasteiger charge is 2.06. The van der Waals surface area contributed by atoms with Gasteiger partial charge in [0.1, 0.15) is 5.69 Å². The van der Waals surface area contributed by atoms with Crippen molar-refractivity contribution in [2.24, 2.45) is 0 Å². The van der Waals surface area contributed by atoms with Crippen molar-refractivity contribution in [2.75, 3.05) is 0 Å². The van der Waals surface area contributed by atoms with Crippen LogP contribution in [0.2, 0.25) is 0 Å². The minimum atomic E-state index is -1.02. The minimum Gasteiger partial charge on any atom is -0.477 e. The number of aromatic carboxylic acids is 1. The SMILES string of the molecule is Cc1ccnc(SCc2ccnc(C(=O)O)c2)n1. The second-order valence-electron chi connectivity index (χ2n) is 3.62. The molecule has 2 rings (SSSR count). The van der Waals surface area contributed by atoms with Crippen LogP contribution in [0.4, 0.5) is 0 Å². The molecule has 0 saturated carbocycles. The Morgan fingerprint density at radius 2 is 2.11 bits per heavy atom. The summed E-state index contributed by atoms with van der Waals surface area (Å²) in [7, 11) is 0. The number of hydrogen-bond acceptors (Lipinski definition) is 5. The summed E-state index contributed by atoms with van der Waals surface area (Å²) in [6.45, 7) is 1.90. The number of aryl methyl sites for hydroxylation is 1. The van der Waals surface area contributed by atoms with E-state index in [0.717, 1.165) is 11.3 Å². The van der Waals surface area contributed by atoms with Crippen molar-refractivity contribution >= 4 is 17.7 Å². The fourth-order valence-corrected chi connectivity index (χ4v) is 2.14. The van der Waals surface area contributed by atoms with E-state index in [1.54, 1.807) is 18.3 Å². The maximum atomic E-state index is 10.8. The molecule has 6 heteroatoms. The highest BCUT2D eigenvalue weighted by molar-refractivity contribution is 7.98. The van der Waals surface area contributed by atoms with Crippen molar-refractivity contribution in [2.45, 2.75) is 17.8 Å². The zero-order valence-corrected chi connectivity index (χ0v) is 10.5. The molecule has 0 unspecified atom stereocenters. The van der Waals surface area contributed by atoms with Gasteiger partial charge in [0, 0.05) is 23.8 Å². The van der Waals surface area contributed by atoms with Gasteiger partial charge in [-0.15, -0.1) is 0 Å². The normalized spacial score (nSPS) is 10.3. The number of carboxylic acid groups (broad SMARTS) is 1. The van der Waals surface area contributed by atoms with Gasteiger partial charge in [0.2, 0.25) is 0 Å². The number of carboxylic acids is 1. The Hall–Kier alpha value is -1.95. The number of thioether (sulfide) groups is 1. The molecule has 0 radical (unpaired) electrons. The summed E-state index contributed by atoms with van der Waals surface area (Å²) >= 11 is 1.47. The number of hydrogen-bond donors (Lipinski definition) is 1. The van der Waals surface area contributed by atoms with E-state index in [0.29, 0.717) is 10.9 Å². The van der Waals surface area contributed by atoms with Gasteiger partial charge < -0.3 is 5.11 Å². The predicted octanol–water partition coefficient (Wildman–Crippen LogP) is 2.17. The van der Waals surface area contributed by atoms with Gasteiger partial charge in [-0.05, 0) is 30.7 Å². The summed E-state index contributed by atoms with van der Waals surface area (Å²) in [4.78, 5) is 22.9. The first-order valence-corrected chi connectivity index (χ1v) is 6.24. The summed E-state index contributed by atoms with van der Waals surface area (Å²) in [5.41, 5.74) is 1.85. The Bertz CT molecular complexity index is 575. The van der Waals surface area contributed by atoms with Gasteiger partial charge in [-0.3, -0.25) is 0 Å². The molecule has 0 aromatic carbocycles. The summed E-state index contributed by atoms with van der Waals surface area (Å²) in [5, 5.41) is 9.52. The number of aromatic nitrogens is 3. The summed E-state index contributed by atoms with van der Waals surface area (Å²) in [5.74, 6) is -0.402. The molecular weight excluding hydrogens is 250 g/mol. The zero-order valence-electron chi connectivity index (χ0n) is 9.70. The lowest BCUT2D eigenvalue weighted by molar-refractivity contribution is 0.0690. The van der Waals surface area contributed by atoms with Crippen LogP contribution >= 0.6 is 11.8 Å². The molecule has 0 fully saturated rings. The standard InChI is InChI=1S/C12H11N3O2S/c1-8-2-4-14-12(15-8)18-7-9-3-5-13-10(6-9)11(16)17/h2-6H,7H2,1H3,(H,16,17). The number of rotatable bonds is 4. The summed E-state index contributed by atoms with van der Waals surface area (Å²) in [6, 6.07) is 5.18. The molecule has 0 saturated heterocycles. The molecule has 0 aliphatic heterocycles. The van der Waals surface area contributed by atoms with Gasteiger partial charge in [0.05, 0.1) is 0 Å². The van der Waals surface area contributed by atoms with Crippen LogP contribution in [0.15, 0.2) is 35.7 Å². The molecule has 0 spiro atoms. The highest BCUT2D eigenvalue weighted by atomic mass is 32.2. The molecule has 1 N–H and O–H groups in total. The van der Waals surface area contributed by atoms with Gasteiger partial charge >= 0.3 is 5.97 Å². The van der Waals surface area contributed by atoms with Crippen LogP contribution in [0.5, 0.6) is 0 Å². The maximum absolute atomic E-state index is 10.8. The Morgan fingerprint density at radius 3 is 2.83 bits per heavy atom. The monoisotopic (exact) mass is 261 g/mol. The van der Waals surface area contributed by atoms with Gasteiger partial charge in [-0.2, -0.15) is 0 Å². The van der Waals surface area contributed by atoms with Crippen LogP contribution in [-0.4, -0.2) is 26.0 Å². The molecule has 0 atom stereocenters. The molecule has 0 aliphatic rings. The van der Waals surface area contributed by atoms with E-state index in [1.807, 2.05) is 13.0 Å². The Kier molecular flexibility index (Phi) is 3.88. The first kappa shape index (κ1) is 12.5. The molecule has 92 valence electrons. The van der Waals surface area contributed by atoms with Crippen LogP contribution in [0.1, 0.15) is 21.7 Å². The number of pyridine rings is 1. The summed E-state index contributed by atoms with van der Waals surface area (Å²) in [6.07, 6.45) is 3.20. The molecule has 0 amide bonds. The van der Waals surface area contributed by atoms with Crippen molar-refractivity contribution in [1.82, 2.24) is 15.0 Å². The maximum Gasteiger partial charge on any atom is 0.354 e. The average molecular weight is 261 g/mol. The minimum absolute atomic E-state index is 0.0539. The quantitative estimate of drug-likeness (QED) is 0.671. The van der Waals surface area contributed by atoms with E-state index in [9.17, 15) is 4.79 Å². The largest absolute Gasteiger partial charge is 0.477 e. The zero-order chi connectivity index (χ0) is 13.0. The smallest absolute Gasteiger partial charge is 0.354 e. The van der Waals surface area contributed by atoms with Crippen molar-refractivity contribution in [3.05, 3.63) is 47.5 Å². The lowest BCUT2D eigenvalue weighted by Crippen LogP contribution is -2.00. The van der Waals surface area contributed by atoms with E-state index in [4.69, 9.17) is 5.11 Å². The Morgan fingerprint density at radius 1 is 1.33 bits per heavy atom. The van der Waals surface area contributed by atoms with E-state index < -0.39 is 5.97 Å². The van der Waals surface area contributed by atoms with Crippen molar-refractivity contribution in [3.8, 4) is 0 Å². The summed E-state index contributed by atoms with van der Waals surface area (Å²) < 4.78 is 0. The Labute approximate surface area is 108 Å². The first-order valence-electron chi connectivity index (χ1n) is 5.26. The topological polar surface area (TPSA) is 76.0 Å². The van der Waals surface area contributed by atoms with E-state index in [-0.39, 0.29) is 5.69 Å². The second-order valence-corrected chi connectivity index (χ2v) is 4.57. The number of nitrogens with zero attached hydrogens (tertiary/aromatic N) is 3. The third-order valence-electron chi connectivity index (χ3n) is 2.18. The van der Waals surface area contributed by atoms with Crippen molar-refractivity contribution in [1.29, 1.82) is 0 Å². The first-order chi connectivity index (χ1) is 8.65. The van der Waals surface area contributed by atoms with E-state index >= 15 is 0 Å². The van der Waals surface area contributed by atoms with Crippen LogP contribution < -0.4 is 0 Å². The second kappa shape index (κ2) is 5.59. The average Bonchev–Trinajstić information content (AvgIpc) is 2.37. The molecule has 2 aromatic rings. The molecule has 5 nitrogen and oxygen atoms in total. The highest BCUT2D eigenvalue weighted by Crippen LogP contribution is 2.19. The molecule has 0 aliphatic carbocycles. The van der Waals surface area contributed by atoms with Gasteiger partial charge in [-0.25, -0.2) is 19.7 Å².